The highest BCUT2D eigenvalue weighted by Gasteiger charge is 2.64. The summed E-state index contributed by atoms with van der Waals surface area (Å²) in [6.45, 7) is 11.3. The Balaban J connectivity index is 2.03. The van der Waals surface area contributed by atoms with Crippen molar-refractivity contribution in [2.75, 3.05) is 5.88 Å². The third-order valence-electron chi connectivity index (χ3n) is 6.30. The predicted octanol–water partition coefficient (Wildman–Crippen LogP) is 1.89. The maximum atomic E-state index is 12.3. The van der Waals surface area contributed by atoms with E-state index in [2.05, 4.69) is 13.2 Å². The van der Waals surface area contributed by atoms with Gasteiger partial charge in [-0.2, -0.15) is 0 Å². The van der Waals surface area contributed by atoms with Gasteiger partial charge in [0.05, 0.1) is 17.9 Å². The van der Waals surface area contributed by atoms with Gasteiger partial charge in [-0.05, 0) is 26.2 Å². The lowest BCUT2D eigenvalue weighted by Crippen LogP contribution is -2.52. The Kier molecular flexibility index (Phi) is 5.27. The summed E-state index contributed by atoms with van der Waals surface area (Å²) in [5.74, 6) is -2.85. The quantitative estimate of drug-likeness (QED) is 0.327. The van der Waals surface area contributed by atoms with E-state index in [1.807, 2.05) is 0 Å². The van der Waals surface area contributed by atoms with Crippen molar-refractivity contribution in [1.29, 1.82) is 0 Å². The number of fused-ring (bicyclic) bond motifs is 3. The zero-order valence-corrected chi connectivity index (χ0v) is 16.2. The van der Waals surface area contributed by atoms with Crippen molar-refractivity contribution in [3.8, 4) is 0 Å². The monoisotopic (exact) mass is 396 g/mol. The minimum atomic E-state index is -1.62. The van der Waals surface area contributed by atoms with Crippen molar-refractivity contribution in [2.45, 2.75) is 50.6 Å². The van der Waals surface area contributed by atoms with Crippen molar-refractivity contribution >= 4 is 23.5 Å². The number of allylic oxidation sites excluding steroid dienone is 1. The SMILES string of the molecule is C=C1C(=O)O[C@H]2[C@H]1[C@@H](OC(=O)/C(C)=C\C)CC(=C)[C@@H]1C[C@H](O)[C@](O)(CCl)[C@H]21. The molecule has 0 bridgehead atoms. The van der Waals surface area contributed by atoms with Crippen LogP contribution in [0.25, 0.3) is 0 Å². The van der Waals surface area contributed by atoms with Crippen molar-refractivity contribution < 1.29 is 29.3 Å². The lowest BCUT2D eigenvalue weighted by Gasteiger charge is -2.37. The number of hydrogen-bond donors (Lipinski definition) is 2. The van der Waals surface area contributed by atoms with Crippen LogP contribution in [0.15, 0.2) is 36.0 Å². The van der Waals surface area contributed by atoms with Crippen LogP contribution >= 0.6 is 11.6 Å². The average Bonchev–Trinajstić information content (AvgIpc) is 3.03. The number of rotatable bonds is 3. The molecule has 3 rings (SSSR count). The minimum Gasteiger partial charge on any atom is -0.458 e. The third kappa shape index (κ3) is 3.04. The van der Waals surface area contributed by atoms with E-state index >= 15 is 0 Å². The Hall–Kier alpha value is -1.63. The number of carbonyl (C=O) groups is 2. The summed E-state index contributed by atoms with van der Waals surface area (Å²) in [6.07, 6.45) is -0.335. The molecule has 0 aromatic carbocycles. The topological polar surface area (TPSA) is 93.1 Å². The van der Waals surface area contributed by atoms with Gasteiger partial charge in [0, 0.05) is 23.5 Å². The van der Waals surface area contributed by atoms with E-state index in [-0.39, 0.29) is 23.8 Å². The summed E-state index contributed by atoms with van der Waals surface area (Å²) in [7, 11) is 0. The Morgan fingerprint density at radius 3 is 2.74 bits per heavy atom. The molecular formula is C20H25ClO6. The van der Waals surface area contributed by atoms with E-state index in [9.17, 15) is 19.8 Å². The van der Waals surface area contributed by atoms with Crippen molar-refractivity contribution in [2.24, 2.45) is 17.8 Å². The number of aliphatic hydroxyl groups is 2. The van der Waals surface area contributed by atoms with Crippen molar-refractivity contribution in [3.63, 3.8) is 0 Å². The summed E-state index contributed by atoms with van der Waals surface area (Å²) >= 11 is 6.01. The third-order valence-corrected chi connectivity index (χ3v) is 6.72. The van der Waals surface area contributed by atoms with Gasteiger partial charge in [-0.15, -0.1) is 11.6 Å². The first-order valence-corrected chi connectivity index (χ1v) is 9.56. The first-order chi connectivity index (χ1) is 12.7. The van der Waals surface area contributed by atoms with Gasteiger partial charge in [0.1, 0.15) is 17.8 Å². The summed E-state index contributed by atoms with van der Waals surface area (Å²) in [5.41, 5.74) is -0.247. The number of esters is 2. The summed E-state index contributed by atoms with van der Waals surface area (Å²) in [5, 5.41) is 21.5. The van der Waals surface area contributed by atoms with Gasteiger partial charge in [-0.25, -0.2) is 9.59 Å². The van der Waals surface area contributed by atoms with Crippen LogP contribution in [0.1, 0.15) is 26.7 Å². The van der Waals surface area contributed by atoms with Gasteiger partial charge in [-0.1, -0.05) is 24.8 Å². The molecule has 2 saturated carbocycles. The molecule has 0 aromatic heterocycles. The van der Waals surface area contributed by atoms with Gasteiger partial charge in [0.15, 0.2) is 0 Å². The van der Waals surface area contributed by atoms with Gasteiger partial charge >= 0.3 is 11.9 Å². The van der Waals surface area contributed by atoms with E-state index in [1.165, 1.54) is 0 Å². The molecule has 0 spiro atoms. The van der Waals surface area contributed by atoms with Crippen LogP contribution in [0.3, 0.4) is 0 Å². The number of alkyl halides is 1. The maximum Gasteiger partial charge on any atom is 0.334 e. The molecule has 0 unspecified atom stereocenters. The molecule has 2 aliphatic carbocycles. The molecule has 3 fully saturated rings. The van der Waals surface area contributed by atoms with Gasteiger partial charge in [-0.3, -0.25) is 0 Å². The zero-order valence-electron chi connectivity index (χ0n) is 15.5. The van der Waals surface area contributed by atoms with Crippen LogP contribution in [-0.4, -0.2) is 51.9 Å². The molecule has 6 nitrogen and oxygen atoms in total. The highest BCUT2D eigenvalue weighted by Crippen LogP contribution is 2.55. The second kappa shape index (κ2) is 7.08. The summed E-state index contributed by atoms with van der Waals surface area (Å²) in [4.78, 5) is 24.6. The van der Waals surface area contributed by atoms with E-state index < -0.39 is 47.7 Å². The number of aliphatic hydroxyl groups excluding tert-OH is 1. The standard InChI is InChI=1S/C20H25ClO6/c1-5-9(2)18(23)26-13-6-10(3)12-7-14(22)20(25,8-21)16(12)17-15(13)11(4)19(24)27-17/h5,12-17,22,25H,3-4,6-8H2,1-2H3/b9-5-/t12-,13-,14-,15+,16-,17-,20+/m0/s1. The largest absolute Gasteiger partial charge is 0.458 e. The van der Waals surface area contributed by atoms with Crippen LogP contribution in [-0.2, 0) is 19.1 Å². The summed E-state index contributed by atoms with van der Waals surface area (Å²) < 4.78 is 11.2. The molecule has 3 aliphatic rings. The van der Waals surface area contributed by atoms with Crippen LogP contribution < -0.4 is 0 Å². The Morgan fingerprint density at radius 1 is 1.48 bits per heavy atom. The molecule has 1 heterocycles. The fourth-order valence-corrected chi connectivity index (χ4v) is 4.97. The predicted molar refractivity (Wildman–Crippen MR) is 98.9 cm³/mol. The molecule has 1 saturated heterocycles. The second-order valence-electron chi connectivity index (χ2n) is 7.71. The van der Waals surface area contributed by atoms with Gasteiger partial charge in [0.2, 0.25) is 0 Å². The van der Waals surface area contributed by atoms with Crippen LogP contribution in [0.2, 0.25) is 0 Å². The number of halogens is 1. The lowest BCUT2D eigenvalue weighted by atomic mass is 9.76. The van der Waals surface area contributed by atoms with E-state index in [1.54, 1.807) is 19.9 Å². The first kappa shape index (κ1) is 20.1. The molecule has 0 aromatic rings. The van der Waals surface area contributed by atoms with E-state index in [4.69, 9.17) is 21.1 Å². The first-order valence-electron chi connectivity index (χ1n) is 9.03. The molecule has 148 valence electrons. The minimum absolute atomic E-state index is 0.197. The van der Waals surface area contributed by atoms with Crippen molar-refractivity contribution in [3.05, 3.63) is 36.0 Å². The van der Waals surface area contributed by atoms with E-state index in [0.29, 0.717) is 12.0 Å². The van der Waals surface area contributed by atoms with Gasteiger partial charge < -0.3 is 19.7 Å². The molecule has 27 heavy (non-hydrogen) atoms. The molecule has 0 amide bonds. The highest BCUT2D eigenvalue weighted by molar-refractivity contribution is 6.18. The number of carbonyl (C=O) groups excluding carboxylic acids is 2. The Labute approximate surface area is 163 Å². The smallest absolute Gasteiger partial charge is 0.334 e. The summed E-state index contributed by atoms with van der Waals surface area (Å²) in [6, 6.07) is 0. The average molecular weight is 397 g/mol. The Morgan fingerprint density at radius 2 is 2.15 bits per heavy atom. The Bertz CT molecular complexity index is 728. The van der Waals surface area contributed by atoms with E-state index in [0.717, 1.165) is 5.57 Å². The molecule has 7 atom stereocenters. The highest BCUT2D eigenvalue weighted by atomic mass is 35.5. The molecule has 1 aliphatic heterocycles. The second-order valence-corrected chi connectivity index (χ2v) is 7.97. The van der Waals surface area contributed by atoms with Gasteiger partial charge in [0.25, 0.3) is 0 Å². The molecular weight excluding hydrogens is 372 g/mol. The lowest BCUT2D eigenvalue weighted by molar-refractivity contribution is -0.155. The molecule has 2 N–H and O–H groups in total. The normalized spacial score (nSPS) is 41.7. The van der Waals surface area contributed by atoms with Crippen molar-refractivity contribution in [1.82, 2.24) is 0 Å². The van der Waals surface area contributed by atoms with Crippen LogP contribution in [0, 0.1) is 17.8 Å². The number of hydrogen-bond acceptors (Lipinski definition) is 6. The molecule has 0 radical (unpaired) electrons. The van der Waals surface area contributed by atoms with Crippen LogP contribution in [0.4, 0.5) is 0 Å². The fraction of sp³-hybridized carbons (Fsp3) is 0.600. The molecule has 7 heteroatoms. The maximum absolute atomic E-state index is 12.3. The zero-order chi connectivity index (χ0) is 20.1. The van der Waals surface area contributed by atoms with Crippen LogP contribution in [0.5, 0.6) is 0 Å². The number of ether oxygens (including phenoxy) is 2. The fourth-order valence-electron chi connectivity index (χ4n) is 4.61.